The van der Waals surface area contributed by atoms with Gasteiger partial charge in [-0.2, -0.15) is 0 Å². The highest BCUT2D eigenvalue weighted by Crippen LogP contribution is 2.22. The summed E-state index contributed by atoms with van der Waals surface area (Å²) in [4.78, 5) is 16.1. The Morgan fingerprint density at radius 2 is 1.88 bits per heavy atom. The highest BCUT2D eigenvalue weighted by molar-refractivity contribution is 6.30. The first-order valence-corrected chi connectivity index (χ1v) is 8.60. The van der Waals surface area contributed by atoms with E-state index in [0.717, 1.165) is 11.1 Å². The SMILES string of the molecule is O=C(CCc1ncc(-c2ccc(Cl)cc2)o1)NCC#Cc1ccccc1. The minimum atomic E-state index is -0.0846. The van der Waals surface area contributed by atoms with Crippen LogP contribution in [0.5, 0.6) is 0 Å². The van der Waals surface area contributed by atoms with E-state index in [2.05, 4.69) is 22.1 Å². The van der Waals surface area contributed by atoms with Crippen LogP contribution in [0.25, 0.3) is 11.3 Å². The number of carbonyl (C=O) groups is 1. The number of nitrogens with zero attached hydrogens (tertiary/aromatic N) is 1. The normalized spacial score (nSPS) is 10.0. The third-order valence-electron chi connectivity index (χ3n) is 3.63. The molecule has 0 spiro atoms. The molecule has 0 aliphatic rings. The molecule has 0 saturated carbocycles. The summed E-state index contributed by atoms with van der Waals surface area (Å²) in [5.41, 5.74) is 1.82. The molecule has 2 aromatic carbocycles. The van der Waals surface area contributed by atoms with Crippen molar-refractivity contribution in [3.8, 4) is 23.2 Å². The number of halogens is 1. The monoisotopic (exact) mass is 364 g/mol. The van der Waals surface area contributed by atoms with Gasteiger partial charge in [-0.1, -0.05) is 41.6 Å². The summed E-state index contributed by atoms with van der Waals surface area (Å²) < 4.78 is 5.68. The van der Waals surface area contributed by atoms with Crippen LogP contribution in [0.15, 0.2) is 65.2 Å². The maximum Gasteiger partial charge on any atom is 0.221 e. The molecule has 1 N–H and O–H groups in total. The molecule has 0 bridgehead atoms. The molecule has 0 atom stereocenters. The lowest BCUT2D eigenvalue weighted by Gasteiger charge is -1.99. The van der Waals surface area contributed by atoms with Gasteiger partial charge in [0, 0.05) is 29.0 Å². The molecule has 0 aliphatic carbocycles. The molecule has 26 heavy (non-hydrogen) atoms. The Bertz CT molecular complexity index is 922. The van der Waals surface area contributed by atoms with E-state index < -0.39 is 0 Å². The largest absolute Gasteiger partial charge is 0.441 e. The van der Waals surface area contributed by atoms with E-state index in [1.54, 1.807) is 18.3 Å². The number of benzene rings is 2. The summed E-state index contributed by atoms with van der Waals surface area (Å²) in [6, 6.07) is 17.0. The van der Waals surface area contributed by atoms with Crippen LogP contribution in [-0.4, -0.2) is 17.4 Å². The maximum atomic E-state index is 11.9. The zero-order chi connectivity index (χ0) is 18.2. The molecule has 0 unspecified atom stereocenters. The van der Waals surface area contributed by atoms with E-state index in [1.807, 2.05) is 42.5 Å². The van der Waals surface area contributed by atoms with Crippen molar-refractivity contribution in [2.75, 3.05) is 6.54 Å². The zero-order valence-corrected chi connectivity index (χ0v) is 14.8. The lowest BCUT2D eigenvalue weighted by Crippen LogP contribution is -2.23. The van der Waals surface area contributed by atoms with Gasteiger partial charge in [0.1, 0.15) is 0 Å². The van der Waals surface area contributed by atoms with E-state index in [1.165, 1.54) is 0 Å². The second-order valence-corrected chi connectivity index (χ2v) is 6.01. The minimum absolute atomic E-state index is 0.0846. The number of amides is 1. The van der Waals surface area contributed by atoms with Gasteiger partial charge < -0.3 is 9.73 Å². The van der Waals surface area contributed by atoms with Crippen molar-refractivity contribution in [2.45, 2.75) is 12.8 Å². The average Bonchev–Trinajstić information content (AvgIpc) is 3.14. The third kappa shape index (κ3) is 5.23. The minimum Gasteiger partial charge on any atom is -0.441 e. The lowest BCUT2D eigenvalue weighted by atomic mass is 10.2. The van der Waals surface area contributed by atoms with Crippen molar-refractivity contribution >= 4 is 17.5 Å². The first-order valence-electron chi connectivity index (χ1n) is 8.22. The highest BCUT2D eigenvalue weighted by Gasteiger charge is 2.08. The highest BCUT2D eigenvalue weighted by atomic mass is 35.5. The van der Waals surface area contributed by atoms with Crippen LogP contribution in [0.3, 0.4) is 0 Å². The van der Waals surface area contributed by atoms with E-state index in [0.29, 0.717) is 36.1 Å². The van der Waals surface area contributed by atoms with Crippen LogP contribution in [-0.2, 0) is 11.2 Å². The molecule has 1 heterocycles. The summed E-state index contributed by atoms with van der Waals surface area (Å²) >= 11 is 5.88. The van der Waals surface area contributed by atoms with Crippen LogP contribution in [0.1, 0.15) is 17.9 Å². The molecule has 1 aromatic heterocycles. The maximum absolute atomic E-state index is 11.9. The molecular formula is C21H17ClN2O2. The number of aryl methyl sites for hydroxylation is 1. The van der Waals surface area contributed by atoms with E-state index in [4.69, 9.17) is 16.0 Å². The van der Waals surface area contributed by atoms with Gasteiger partial charge in [0.2, 0.25) is 5.91 Å². The Morgan fingerprint density at radius 3 is 2.65 bits per heavy atom. The van der Waals surface area contributed by atoms with Crippen molar-refractivity contribution in [3.05, 3.63) is 77.3 Å². The molecule has 0 fully saturated rings. The van der Waals surface area contributed by atoms with Gasteiger partial charge in [0.05, 0.1) is 12.7 Å². The van der Waals surface area contributed by atoms with E-state index in [9.17, 15) is 4.79 Å². The fraction of sp³-hybridized carbons (Fsp3) is 0.143. The molecular weight excluding hydrogens is 348 g/mol. The first-order chi connectivity index (χ1) is 12.7. The summed E-state index contributed by atoms with van der Waals surface area (Å²) in [5.74, 6) is 7.03. The van der Waals surface area contributed by atoms with Crippen molar-refractivity contribution in [2.24, 2.45) is 0 Å². The smallest absolute Gasteiger partial charge is 0.221 e. The number of rotatable bonds is 5. The van der Waals surface area contributed by atoms with Gasteiger partial charge in [0.15, 0.2) is 11.7 Å². The predicted molar refractivity (Wildman–Crippen MR) is 102 cm³/mol. The van der Waals surface area contributed by atoms with Gasteiger partial charge >= 0.3 is 0 Å². The fourth-order valence-electron chi connectivity index (χ4n) is 2.29. The standard InChI is InChI=1S/C21H17ClN2O2/c22-18-10-8-17(9-11-18)19-15-24-21(26-19)13-12-20(25)23-14-4-7-16-5-2-1-3-6-16/h1-3,5-6,8-11,15H,12-14H2,(H,23,25). The van der Waals surface area contributed by atoms with Gasteiger partial charge in [-0.15, -0.1) is 0 Å². The van der Waals surface area contributed by atoms with E-state index >= 15 is 0 Å². The molecule has 5 heteroatoms. The Labute approximate surface area is 157 Å². The number of nitrogens with one attached hydrogen (secondary N) is 1. The summed E-state index contributed by atoms with van der Waals surface area (Å²) in [6.45, 7) is 0.315. The topological polar surface area (TPSA) is 55.1 Å². The summed E-state index contributed by atoms with van der Waals surface area (Å²) in [6.07, 6.45) is 2.39. The Morgan fingerprint density at radius 1 is 1.12 bits per heavy atom. The number of hydrogen-bond donors (Lipinski definition) is 1. The molecule has 1 amide bonds. The summed E-state index contributed by atoms with van der Waals surface area (Å²) in [5, 5.41) is 3.44. The fourth-order valence-corrected chi connectivity index (χ4v) is 2.42. The molecule has 3 aromatic rings. The van der Waals surface area contributed by atoms with Crippen molar-refractivity contribution in [1.82, 2.24) is 10.3 Å². The number of oxazole rings is 1. The van der Waals surface area contributed by atoms with Crippen molar-refractivity contribution < 1.29 is 9.21 Å². The second kappa shape index (κ2) is 8.89. The third-order valence-corrected chi connectivity index (χ3v) is 3.88. The molecule has 0 aliphatic heterocycles. The zero-order valence-electron chi connectivity index (χ0n) is 14.0. The predicted octanol–water partition coefficient (Wildman–Crippen LogP) is 4.10. The van der Waals surface area contributed by atoms with Gasteiger partial charge in [0.25, 0.3) is 0 Å². The second-order valence-electron chi connectivity index (χ2n) is 5.57. The first kappa shape index (κ1) is 17.8. The number of carbonyl (C=O) groups excluding carboxylic acids is 1. The van der Waals surface area contributed by atoms with Gasteiger partial charge in [-0.3, -0.25) is 4.79 Å². The average molecular weight is 365 g/mol. The molecule has 0 radical (unpaired) electrons. The molecule has 130 valence electrons. The van der Waals surface area contributed by atoms with Crippen molar-refractivity contribution in [3.63, 3.8) is 0 Å². The lowest BCUT2D eigenvalue weighted by molar-refractivity contribution is -0.120. The molecule has 3 rings (SSSR count). The van der Waals surface area contributed by atoms with Crippen LogP contribution >= 0.6 is 11.6 Å². The number of hydrogen-bond acceptors (Lipinski definition) is 3. The Kier molecular flexibility index (Phi) is 6.08. The number of aromatic nitrogens is 1. The van der Waals surface area contributed by atoms with E-state index in [-0.39, 0.29) is 5.91 Å². The Balaban J connectivity index is 1.45. The quantitative estimate of drug-likeness (QED) is 0.693. The van der Waals surface area contributed by atoms with Crippen LogP contribution in [0, 0.1) is 11.8 Å². The van der Waals surface area contributed by atoms with Crippen LogP contribution < -0.4 is 5.32 Å². The van der Waals surface area contributed by atoms with Crippen molar-refractivity contribution in [1.29, 1.82) is 0 Å². The van der Waals surface area contributed by atoms with Gasteiger partial charge in [-0.25, -0.2) is 4.98 Å². The van der Waals surface area contributed by atoms with Gasteiger partial charge in [-0.05, 0) is 36.4 Å². The molecule has 0 saturated heterocycles. The van der Waals surface area contributed by atoms with Crippen LogP contribution in [0.2, 0.25) is 5.02 Å². The molecule has 4 nitrogen and oxygen atoms in total. The summed E-state index contributed by atoms with van der Waals surface area (Å²) in [7, 11) is 0. The Hall–Kier alpha value is -3.03. The van der Waals surface area contributed by atoms with Crippen LogP contribution in [0.4, 0.5) is 0 Å².